The van der Waals surface area contributed by atoms with E-state index in [-0.39, 0.29) is 5.91 Å². The number of carbonyl (C=O) groups excluding carboxylic acids is 2. The van der Waals surface area contributed by atoms with Gasteiger partial charge in [0.05, 0.1) is 17.3 Å². The molecule has 3 aromatic rings. The quantitative estimate of drug-likeness (QED) is 0.303. The van der Waals surface area contributed by atoms with Crippen molar-refractivity contribution >= 4 is 35.0 Å². The molecule has 210 valence electrons. The highest BCUT2D eigenvalue weighted by molar-refractivity contribution is 7.99. The molecule has 9 heteroatoms. The number of anilines is 2. The van der Waals surface area contributed by atoms with Crippen LogP contribution < -0.4 is 15.5 Å². The maximum absolute atomic E-state index is 13.6. The number of rotatable bonds is 8. The first kappa shape index (κ1) is 28.1. The number of hydrogen-bond acceptors (Lipinski definition) is 4. The molecule has 1 unspecified atom stereocenters. The summed E-state index contributed by atoms with van der Waals surface area (Å²) in [7, 11) is 0. The Morgan fingerprint density at radius 1 is 1.00 bits per heavy atom. The fraction of sp³-hybridized carbons (Fsp3) is 0.355. The lowest BCUT2D eigenvalue weighted by molar-refractivity contribution is -0.138. The first-order valence-corrected chi connectivity index (χ1v) is 14.5. The zero-order valence-electron chi connectivity index (χ0n) is 22.3. The highest BCUT2D eigenvalue weighted by atomic mass is 32.2. The van der Waals surface area contributed by atoms with Crippen LogP contribution in [-0.4, -0.2) is 37.6 Å². The summed E-state index contributed by atoms with van der Waals surface area (Å²) in [6, 6.07) is 18.3. The molecule has 1 fully saturated rings. The molecule has 0 saturated carbocycles. The monoisotopic (exact) mass is 567 g/mol. The maximum atomic E-state index is 13.6. The molecule has 1 saturated heterocycles. The smallest absolute Gasteiger partial charge is 0.370 e. The van der Waals surface area contributed by atoms with Crippen LogP contribution in [0.25, 0.3) is 0 Å². The van der Waals surface area contributed by atoms with Crippen molar-refractivity contribution in [1.29, 1.82) is 0 Å². The Morgan fingerprint density at radius 2 is 1.70 bits per heavy atom. The third kappa shape index (κ3) is 5.99. The Labute approximate surface area is 236 Å². The van der Waals surface area contributed by atoms with Crippen molar-refractivity contribution in [3.8, 4) is 0 Å². The number of halogens is 3. The topological polar surface area (TPSA) is 61.4 Å². The lowest BCUT2D eigenvalue weighted by Gasteiger charge is -2.34. The predicted molar refractivity (Wildman–Crippen MR) is 152 cm³/mol. The average Bonchev–Trinajstić information content (AvgIpc) is 3.48. The lowest BCUT2D eigenvalue weighted by Crippen LogP contribution is -2.38. The Hall–Kier alpha value is -3.46. The predicted octanol–water partition coefficient (Wildman–Crippen LogP) is 7.16. The van der Waals surface area contributed by atoms with Crippen molar-refractivity contribution in [2.45, 2.75) is 60.9 Å². The summed E-state index contributed by atoms with van der Waals surface area (Å²) in [4.78, 5) is 30.7. The number of nitrogens with zero attached hydrogens (tertiary/aromatic N) is 1. The molecular formula is C31H32F3N3O2S. The first-order chi connectivity index (χ1) is 19.3. The first-order valence-electron chi connectivity index (χ1n) is 13.7. The van der Waals surface area contributed by atoms with Gasteiger partial charge in [0, 0.05) is 28.4 Å². The normalized spacial score (nSPS) is 16.3. The standard InChI is InChI=1S/C31H32F3N3O2S/c1-2-3-13-22-26-25(40-24-15-8-7-14-21(24)27(26)30(39)35-19-31(32,33)34)18-23(28(22)37-16-9-10-17-37)36-29(38)20-11-5-4-6-12-20/h4-8,11-12,14-15,18,27H,2-3,9-10,13,16-17,19H2,1H3,(H,35,39)(H,36,38). The van der Waals surface area contributed by atoms with Gasteiger partial charge in [-0.15, -0.1) is 0 Å². The Morgan fingerprint density at radius 3 is 2.40 bits per heavy atom. The van der Waals surface area contributed by atoms with Crippen LogP contribution in [0.1, 0.15) is 65.6 Å². The van der Waals surface area contributed by atoms with Gasteiger partial charge < -0.3 is 15.5 Å². The molecule has 2 amide bonds. The lowest BCUT2D eigenvalue weighted by atomic mass is 9.83. The Bertz CT molecular complexity index is 1390. The molecule has 0 radical (unpaired) electrons. The molecule has 2 N–H and O–H groups in total. The van der Waals surface area contributed by atoms with Crippen LogP contribution in [-0.2, 0) is 11.2 Å². The van der Waals surface area contributed by atoms with Gasteiger partial charge in [-0.1, -0.05) is 61.5 Å². The molecule has 1 atom stereocenters. The molecule has 5 nitrogen and oxygen atoms in total. The van der Waals surface area contributed by atoms with Crippen LogP contribution in [0.5, 0.6) is 0 Å². The van der Waals surface area contributed by atoms with Crippen LogP contribution >= 0.6 is 11.8 Å². The van der Waals surface area contributed by atoms with Gasteiger partial charge in [0.1, 0.15) is 6.54 Å². The van der Waals surface area contributed by atoms with Crippen LogP contribution in [0, 0.1) is 0 Å². The molecule has 40 heavy (non-hydrogen) atoms. The fourth-order valence-electron chi connectivity index (χ4n) is 5.55. The van der Waals surface area contributed by atoms with E-state index < -0.39 is 24.5 Å². The van der Waals surface area contributed by atoms with Crippen molar-refractivity contribution in [2.24, 2.45) is 0 Å². The number of nitrogens with one attached hydrogen (secondary N) is 2. The van der Waals surface area contributed by atoms with Gasteiger partial charge in [-0.25, -0.2) is 0 Å². The van der Waals surface area contributed by atoms with Gasteiger partial charge in [-0.05, 0) is 66.6 Å². The van der Waals surface area contributed by atoms with Gasteiger partial charge in [0.2, 0.25) is 5.91 Å². The summed E-state index contributed by atoms with van der Waals surface area (Å²) in [5.41, 5.74) is 4.45. The number of benzene rings is 3. The van der Waals surface area contributed by atoms with Gasteiger partial charge in [0.25, 0.3) is 5.91 Å². The maximum Gasteiger partial charge on any atom is 0.405 e. The molecule has 2 aliphatic rings. The van der Waals surface area contributed by atoms with Crippen molar-refractivity contribution in [2.75, 3.05) is 29.9 Å². The molecule has 2 aliphatic heterocycles. The van der Waals surface area contributed by atoms with Crippen molar-refractivity contribution in [3.05, 3.63) is 82.9 Å². The molecule has 0 aliphatic carbocycles. The van der Waals surface area contributed by atoms with E-state index >= 15 is 0 Å². The van der Waals surface area contributed by atoms with Crippen molar-refractivity contribution in [1.82, 2.24) is 5.32 Å². The van der Waals surface area contributed by atoms with E-state index in [1.54, 1.807) is 12.1 Å². The summed E-state index contributed by atoms with van der Waals surface area (Å²) in [6.45, 7) is 2.31. The molecule has 5 rings (SSSR count). The highest BCUT2D eigenvalue weighted by Gasteiger charge is 2.38. The van der Waals surface area contributed by atoms with E-state index in [1.807, 2.05) is 48.5 Å². The third-order valence-electron chi connectivity index (χ3n) is 7.36. The molecule has 0 spiro atoms. The zero-order valence-corrected chi connectivity index (χ0v) is 23.1. The third-order valence-corrected chi connectivity index (χ3v) is 8.51. The van der Waals surface area contributed by atoms with Crippen LogP contribution in [0.2, 0.25) is 0 Å². The highest BCUT2D eigenvalue weighted by Crippen LogP contribution is 2.52. The van der Waals surface area contributed by atoms with Crippen molar-refractivity contribution in [3.63, 3.8) is 0 Å². The van der Waals surface area contributed by atoms with Crippen LogP contribution in [0.3, 0.4) is 0 Å². The number of unbranched alkanes of at least 4 members (excludes halogenated alkanes) is 1. The molecular weight excluding hydrogens is 535 g/mol. The molecule has 2 heterocycles. The second-order valence-electron chi connectivity index (χ2n) is 10.2. The number of hydrogen-bond donors (Lipinski definition) is 2. The van der Waals surface area contributed by atoms with E-state index in [2.05, 4.69) is 22.5 Å². The number of fused-ring (bicyclic) bond motifs is 2. The zero-order chi connectivity index (χ0) is 28.3. The van der Waals surface area contributed by atoms with Gasteiger partial charge in [-0.3, -0.25) is 9.59 Å². The van der Waals surface area contributed by atoms with Crippen LogP contribution in [0.4, 0.5) is 24.5 Å². The second-order valence-corrected chi connectivity index (χ2v) is 11.3. The number of amides is 2. The van der Waals surface area contributed by atoms with E-state index in [0.717, 1.165) is 65.4 Å². The summed E-state index contributed by atoms with van der Waals surface area (Å²) < 4.78 is 39.4. The molecule has 0 aromatic heterocycles. The summed E-state index contributed by atoms with van der Waals surface area (Å²) >= 11 is 1.49. The average molecular weight is 568 g/mol. The minimum atomic E-state index is -4.52. The largest absolute Gasteiger partial charge is 0.405 e. The minimum Gasteiger partial charge on any atom is -0.370 e. The molecule has 3 aromatic carbocycles. The Balaban J connectivity index is 1.68. The SMILES string of the molecule is CCCCc1c2c(cc(NC(=O)c3ccccc3)c1N1CCCC1)Sc1ccccc1C2C(=O)NCC(F)(F)F. The minimum absolute atomic E-state index is 0.233. The summed E-state index contributed by atoms with van der Waals surface area (Å²) in [5, 5.41) is 5.30. The van der Waals surface area contributed by atoms with E-state index in [0.29, 0.717) is 23.2 Å². The van der Waals surface area contributed by atoms with Gasteiger partial charge in [0.15, 0.2) is 0 Å². The summed E-state index contributed by atoms with van der Waals surface area (Å²) in [5.74, 6) is -1.79. The Kier molecular flexibility index (Phi) is 8.40. The number of carbonyl (C=O) groups is 2. The van der Waals surface area contributed by atoms with Crippen LogP contribution in [0.15, 0.2) is 70.5 Å². The second kappa shape index (κ2) is 12.0. The van der Waals surface area contributed by atoms with Crippen molar-refractivity contribution < 1.29 is 22.8 Å². The van der Waals surface area contributed by atoms with Gasteiger partial charge >= 0.3 is 6.18 Å². The van der Waals surface area contributed by atoms with Gasteiger partial charge in [-0.2, -0.15) is 13.2 Å². The van der Waals surface area contributed by atoms with E-state index in [9.17, 15) is 22.8 Å². The van der Waals surface area contributed by atoms with E-state index in [1.165, 1.54) is 11.8 Å². The fourth-order valence-corrected chi connectivity index (χ4v) is 6.77. The number of alkyl halides is 3. The van der Waals surface area contributed by atoms with E-state index in [4.69, 9.17) is 0 Å². The summed E-state index contributed by atoms with van der Waals surface area (Å²) in [6.07, 6.45) is -0.118. The molecule has 0 bridgehead atoms.